The summed E-state index contributed by atoms with van der Waals surface area (Å²) in [6.45, 7) is 3.84. The van der Waals surface area contributed by atoms with E-state index in [1.807, 2.05) is 13.8 Å². The summed E-state index contributed by atoms with van der Waals surface area (Å²) in [5.74, 6) is 0. The van der Waals surface area contributed by atoms with Gasteiger partial charge in [-0.2, -0.15) is 0 Å². The summed E-state index contributed by atoms with van der Waals surface area (Å²) in [5, 5.41) is 0. The van der Waals surface area contributed by atoms with Crippen molar-refractivity contribution in [1.82, 2.24) is 0 Å². The molecule has 0 aromatic carbocycles. The molecule has 0 aliphatic carbocycles. The lowest BCUT2D eigenvalue weighted by atomic mass is 9.89. The first-order valence-corrected chi connectivity index (χ1v) is 4.02. The molecule has 11 heavy (non-hydrogen) atoms. The molecule has 0 aromatic heterocycles. The molecule has 0 aromatic rings. The Bertz CT molecular complexity index is 128. The molecule has 0 rings (SSSR count). The fourth-order valence-electron chi connectivity index (χ4n) is 0.867. The second kappa shape index (κ2) is 5.05. The van der Waals surface area contributed by atoms with Crippen LogP contribution in [0.1, 0.15) is 39.5 Å². The number of carbonyl (C=O) groups excluding carboxylic acids is 2. The van der Waals surface area contributed by atoms with Crippen molar-refractivity contribution in [2.75, 3.05) is 0 Å². The maximum absolute atomic E-state index is 10.4. The second-order valence-corrected chi connectivity index (χ2v) is 3.52. The van der Waals surface area contributed by atoms with Gasteiger partial charge in [0, 0.05) is 11.8 Å². The van der Waals surface area contributed by atoms with Crippen molar-refractivity contribution in [2.45, 2.75) is 39.5 Å². The Balaban J connectivity index is 3.37. The molecule has 0 radical (unpaired) electrons. The smallest absolute Gasteiger partial charge is 0.125 e. The maximum Gasteiger partial charge on any atom is 0.125 e. The Kier molecular flexibility index (Phi) is 4.75. The van der Waals surface area contributed by atoms with Crippen LogP contribution in [0.4, 0.5) is 0 Å². The molecular formula is C9H16O2. The molecule has 0 aliphatic rings. The summed E-state index contributed by atoms with van der Waals surface area (Å²) in [5.41, 5.74) is -0.205. The van der Waals surface area contributed by atoms with Gasteiger partial charge >= 0.3 is 0 Å². The average molecular weight is 156 g/mol. The topological polar surface area (TPSA) is 34.1 Å². The fraction of sp³-hybridized carbons (Fsp3) is 0.778. The molecule has 0 heterocycles. The lowest BCUT2D eigenvalue weighted by molar-refractivity contribution is -0.115. The number of rotatable bonds is 6. The van der Waals surface area contributed by atoms with Crippen LogP contribution in [0.5, 0.6) is 0 Å². The van der Waals surface area contributed by atoms with Gasteiger partial charge in [0.15, 0.2) is 0 Å². The molecule has 2 nitrogen and oxygen atoms in total. The first-order valence-electron chi connectivity index (χ1n) is 4.02. The van der Waals surface area contributed by atoms with E-state index in [2.05, 4.69) is 0 Å². The lowest BCUT2D eigenvalue weighted by Gasteiger charge is -2.15. The summed E-state index contributed by atoms with van der Waals surface area (Å²) in [7, 11) is 0. The van der Waals surface area contributed by atoms with Gasteiger partial charge in [0.1, 0.15) is 12.6 Å². The molecule has 0 aliphatic heterocycles. The largest absolute Gasteiger partial charge is 0.303 e. The fourth-order valence-corrected chi connectivity index (χ4v) is 0.867. The van der Waals surface area contributed by atoms with E-state index in [0.717, 1.165) is 31.8 Å². The maximum atomic E-state index is 10.4. The number of hydrogen-bond donors (Lipinski definition) is 0. The molecule has 0 fully saturated rings. The van der Waals surface area contributed by atoms with Gasteiger partial charge in [-0.3, -0.25) is 0 Å². The van der Waals surface area contributed by atoms with Crippen LogP contribution < -0.4 is 0 Å². The summed E-state index contributed by atoms with van der Waals surface area (Å²) < 4.78 is 0. The third kappa shape index (κ3) is 5.77. The van der Waals surface area contributed by atoms with E-state index in [-0.39, 0.29) is 5.41 Å². The van der Waals surface area contributed by atoms with Crippen molar-refractivity contribution in [1.29, 1.82) is 0 Å². The van der Waals surface area contributed by atoms with Crippen LogP contribution in [0, 0.1) is 5.41 Å². The normalized spacial score (nSPS) is 11.1. The molecule has 2 heteroatoms. The van der Waals surface area contributed by atoms with Crippen molar-refractivity contribution < 1.29 is 9.59 Å². The van der Waals surface area contributed by atoms with E-state index < -0.39 is 0 Å². The van der Waals surface area contributed by atoms with Crippen molar-refractivity contribution >= 4 is 12.6 Å². The predicted octanol–water partition coefficient (Wildman–Crippen LogP) is 1.97. The van der Waals surface area contributed by atoms with Gasteiger partial charge in [-0.1, -0.05) is 20.3 Å². The third-order valence-electron chi connectivity index (χ3n) is 1.71. The van der Waals surface area contributed by atoms with Gasteiger partial charge in [0.2, 0.25) is 0 Å². The molecule has 0 atom stereocenters. The van der Waals surface area contributed by atoms with Crippen LogP contribution in [0.15, 0.2) is 0 Å². The highest BCUT2D eigenvalue weighted by atomic mass is 16.1. The van der Waals surface area contributed by atoms with Crippen LogP contribution in [-0.4, -0.2) is 12.6 Å². The number of hydrogen-bond acceptors (Lipinski definition) is 2. The summed E-state index contributed by atoms with van der Waals surface area (Å²) in [6.07, 6.45) is 5.27. The minimum Gasteiger partial charge on any atom is -0.303 e. The quantitative estimate of drug-likeness (QED) is 0.435. The van der Waals surface area contributed by atoms with Crippen molar-refractivity contribution in [3.05, 3.63) is 0 Å². The molecule has 64 valence electrons. The summed E-state index contributed by atoms with van der Waals surface area (Å²) in [4.78, 5) is 20.4. The highest BCUT2D eigenvalue weighted by Gasteiger charge is 2.14. The molecule has 0 saturated carbocycles. The van der Waals surface area contributed by atoms with Crippen LogP contribution in [-0.2, 0) is 9.59 Å². The molecule has 0 amide bonds. The van der Waals surface area contributed by atoms with Crippen LogP contribution in [0.3, 0.4) is 0 Å². The lowest BCUT2D eigenvalue weighted by Crippen LogP contribution is -2.12. The Morgan fingerprint density at radius 1 is 1.18 bits per heavy atom. The highest BCUT2D eigenvalue weighted by molar-refractivity contribution is 5.57. The van der Waals surface area contributed by atoms with Crippen molar-refractivity contribution in [3.63, 3.8) is 0 Å². The zero-order valence-electron chi connectivity index (χ0n) is 7.30. The molecule has 0 spiro atoms. The second-order valence-electron chi connectivity index (χ2n) is 3.52. The van der Waals surface area contributed by atoms with Crippen LogP contribution >= 0.6 is 0 Å². The zero-order chi connectivity index (χ0) is 8.74. The van der Waals surface area contributed by atoms with E-state index in [9.17, 15) is 9.59 Å². The Morgan fingerprint density at radius 3 is 2.27 bits per heavy atom. The first kappa shape index (κ1) is 10.3. The first-order chi connectivity index (χ1) is 5.12. The Hall–Kier alpha value is -0.660. The number of unbranched alkanes of at least 4 members (excludes halogenated alkanes) is 2. The molecule has 0 unspecified atom stereocenters. The summed E-state index contributed by atoms with van der Waals surface area (Å²) in [6, 6.07) is 0. The summed E-state index contributed by atoms with van der Waals surface area (Å²) >= 11 is 0. The SMILES string of the molecule is CC(C)(C=O)CCCCC=O. The van der Waals surface area contributed by atoms with E-state index in [1.165, 1.54) is 0 Å². The van der Waals surface area contributed by atoms with Crippen molar-refractivity contribution in [3.8, 4) is 0 Å². The standard InChI is InChI=1S/C9H16O2/c1-9(2,8-11)6-4-3-5-7-10/h7-8H,3-6H2,1-2H3. The van der Waals surface area contributed by atoms with Gasteiger partial charge in [-0.05, 0) is 12.8 Å². The molecule has 0 bridgehead atoms. The average Bonchev–Trinajstić information content (AvgIpc) is 1.99. The van der Waals surface area contributed by atoms with Gasteiger partial charge < -0.3 is 9.59 Å². The van der Waals surface area contributed by atoms with Gasteiger partial charge in [0.25, 0.3) is 0 Å². The molecular weight excluding hydrogens is 140 g/mol. The van der Waals surface area contributed by atoms with Crippen molar-refractivity contribution in [2.24, 2.45) is 5.41 Å². The minimum atomic E-state index is -0.205. The van der Waals surface area contributed by atoms with Gasteiger partial charge in [0.05, 0.1) is 0 Å². The zero-order valence-corrected chi connectivity index (χ0v) is 7.30. The van der Waals surface area contributed by atoms with Gasteiger partial charge in [-0.25, -0.2) is 0 Å². The van der Waals surface area contributed by atoms with Gasteiger partial charge in [-0.15, -0.1) is 0 Å². The number of aldehydes is 2. The van der Waals surface area contributed by atoms with E-state index in [4.69, 9.17) is 0 Å². The monoisotopic (exact) mass is 156 g/mol. The van der Waals surface area contributed by atoms with Crippen LogP contribution in [0.2, 0.25) is 0 Å². The predicted molar refractivity (Wildman–Crippen MR) is 44.4 cm³/mol. The number of carbonyl (C=O) groups is 2. The van der Waals surface area contributed by atoms with Crippen LogP contribution in [0.25, 0.3) is 0 Å². The highest BCUT2D eigenvalue weighted by Crippen LogP contribution is 2.19. The minimum absolute atomic E-state index is 0.205. The molecule has 0 N–H and O–H groups in total. The van der Waals surface area contributed by atoms with E-state index in [1.54, 1.807) is 0 Å². The van der Waals surface area contributed by atoms with E-state index >= 15 is 0 Å². The Labute approximate surface area is 68.0 Å². The Morgan fingerprint density at radius 2 is 1.82 bits per heavy atom. The third-order valence-corrected chi connectivity index (χ3v) is 1.71. The molecule has 0 saturated heterocycles. The van der Waals surface area contributed by atoms with E-state index in [0.29, 0.717) is 6.42 Å².